The first-order valence-corrected chi connectivity index (χ1v) is 3.83. The molecule has 66 valence electrons. The lowest BCUT2D eigenvalue weighted by molar-refractivity contribution is -0.428. The zero-order valence-corrected chi connectivity index (χ0v) is 6.86. The highest BCUT2D eigenvalue weighted by Gasteiger charge is 2.16. The van der Waals surface area contributed by atoms with Gasteiger partial charge in [0.25, 0.3) is 0 Å². The topological polar surface area (TPSA) is 63.4 Å². The molecule has 1 unspecified atom stereocenters. The monoisotopic (exact) mass is 169 g/mol. The predicted molar refractivity (Wildman–Crippen MR) is 44.1 cm³/mol. The summed E-state index contributed by atoms with van der Waals surface area (Å²) in [6.07, 6.45) is 3.61. The van der Waals surface area contributed by atoms with Crippen LogP contribution < -0.4 is 0 Å². The Morgan fingerprint density at radius 1 is 1.58 bits per heavy atom. The maximum atomic E-state index is 10.3. The fourth-order valence-electron chi connectivity index (χ4n) is 1.14. The van der Waals surface area contributed by atoms with E-state index in [-0.39, 0.29) is 10.6 Å². The van der Waals surface area contributed by atoms with E-state index in [2.05, 4.69) is 0 Å². The molecule has 0 radical (unpaired) electrons. The molecule has 0 bridgehead atoms. The Labute approximate surface area is 70.4 Å². The molecule has 0 heterocycles. The van der Waals surface area contributed by atoms with Crippen LogP contribution in [-0.4, -0.2) is 16.1 Å². The van der Waals surface area contributed by atoms with Gasteiger partial charge in [-0.25, -0.2) is 0 Å². The van der Waals surface area contributed by atoms with Gasteiger partial charge in [-0.3, -0.25) is 10.1 Å². The first-order valence-electron chi connectivity index (χ1n) is 3.83. The zero-order valence-electron chi connectivity index (χ0n) is 6.86. The number of aliphatic hydroxyl groups is 1. The van der Waals surface area contributed by atoms with Gasteiger partial charge in [0.1, 0.15) is 0 Å². The molecular weight excluding hydrogens is 158 g/mol. The summed E-state index contributed by atoms with van der Waals surface area (Å²) in [5.41, 5.74) is 1.08. The minimum atomic E-state index is -0.491. The molecule has 0 aromatic carbocycles. The summed E-state index contributed by atoms with van der Waals surface area (Å²) in [4.78, 5) is 9.90. The molecule has 0 aromatic heterocycles. The molecule has 0 fully saturated rings. The summed E-state index contributed by atoms with van der Waals surface area (Å²) in [5.74, 6) is 0. The van der Waals surface area contributed by atoms with E-state index in [4.69, 9.17) is 5.11 Å². The maximum Gasteiger partial charge on any atom is 0.246 e. The third-order valence-corrected chi connectivity index (χ3v) is 1.93. The van der Waals surface area contributed by atoms with Crippen molar-refractivity contribution in [1.29, 1.82) is 0 Å². The second kappa shape index (κ2) is 3.49. The number of aliphatic hydroxyl groups excluding tert-OH is 1. The molecule has 1 aliphatic carbocycles. The van der Waals surface area contributed by atoms with Crippen LogP contribution in [0.2, 0.25) is 0 Å². The first kappa shape index (κ1) is 8.93. The van der Waals surface area contributed by atoms with Crippen LogP contribution in [-0.2, 0) is 0 Å². The standard InChI is InChI=1S/C8H11NO3/c1-6(10)7-2-4-8(5-3-7)9(11)12/h2,4,6,10H,3,5H2,1H3. The van der Waals surface area contributed by atoms with Crippen molar-refractivity contribution in [1.82, 2.24) is 0 Å². The molecule has 0 amide bonds. The van der Waals surface area contributed by atoms with Crippen molar-refractivity contribution in [3.8, 4) is 0 Å². The summed E-state index contributed by atoms with van der Waals surface area (Å²) in [5, 5.41) is 19.4. The summed E-state index contributed by atoms with van der Waals surface area (Å²) in [6, 6.07) is 0. The van der Waals surface area contributed by atoms with Crippen molar-refractivity contribution in [2.45, 2.75) is 25.9 Å². The van der Waals surface area contributed by atoms with E-state index < -0.39 is 6.10 Å². The molecule has 0 saturated heterocycles. The lowest BCUT2D eigenvalue weighted by atomic mass is 9.99. The number of hydrogen-bond acceptors (Lipinski definition) is 3. The number of nitro groups is 1. The number of rotatable bonds is 2. The minimum absolute atomic E-state index is 0.222. The lowest BCUT2D eigenvalue weighted by Crippen LogP contribution is -2.10. The highest BCUT2D eigenvalue weighted by atomic mass is 16.6. The van der Waals surface area contributed by atoms with Gasteiger partial charge in [-0.2, -0.15) is 0 Å². The zero-order chi connectivity index (χ0) is 9.14. The molecule has 4 nitrogen and oxygen atoms in total. The Hall–Kier alpha value is -1.16. The van der Waals surface area contributed by atoms with E-state index >= 15 is 0 Å². The molecule has 4 heteroatoms. The fourth-order valence-corrected chi connectivity index (χ4v) is 1.14. The third kappa shape index (κ3) is 1.92. The molecule has 12 heavy (non-hydrogen) atoms. The summed E-state index contributed by atoms with van der Waals surface area (Å²) in [6.45, 7) is 1.66. The highest BCUT2D eigenvalue weighted by Crippen LogP contribution is 2.20. The molecule has 1 rings (SSSR count). The van der Waals surface area contributed by atoms with E-state index in [0.29, 0.717) is 12.8 Å². The smallest absolute Gasteiger partial charge is 0.246 e. The van der Waals surface area contributed by atoms with E-state index in [1.807, 2.05) is 0 Å². The molecule has 0 saturated carbocycles. The van der Waals surface area contributed by atoms with Gasteiger partial charge >= 0.3 is 0 Å². The molecule has 0 aliphatic heterocycles. The van der Waals surface area contributed by atoms with Gasteiger partial charge in [0.15, 0.2) is 0 Å². The van der Waals surface area contributed by atoms with E-state index in [9.17, 15) is 10.1 Å². The van der Waals surface area contributed by atoms with Crippen LogP contribution in [0.3, 0.4) is 0 Å². The highest BCUT2D eigenvalue weighted by molar-refractivity contribution is 5.22. The van der Waals surface area contributed by atoms with Gasteiger partial charge in [0, 0.05) is 12.5 Å². The number of nitrogens with zero attached hydrogens (tertiary/aromatic N) is 1. The average Bonchev–Trinajstić information content (AvgIpc) is 2.04. The molecule has 1 atom stereocenters. The SMILES string of the molecule is CC(O)C1=CC=C([N+](=O)[O-])CC1. The van der Waals surface area contributed by atoms with Gasteiger partial charge in [0.2, 0.25) is 5.70 Å². The lowest BCUT2D eigenvalue weighted by Gasteiger charge is -2.11. The summed E-state index contributed by atoms with van der Waals surface area (Å²) >= 11 is 0. The van der Waals surface area contributed by atoms with Crippen molar-refractivity contribution in [3.63, 3.8) is 0 Å². The largest absolute Gasteiger partial charge is 0.389 e. The fraction of sp³-hybridized carbons (Fsp3) is 0.500. The Balaban J connectivity index is 2.73. The van der Waals surface area contributed by atoms with Gasteiger partial charge < -0.3 is 5.11 Å². The maximum absolute atomic E-state index is 10.3. The number of hydrogen-bond donors (Lipinski definition) is 1. The van der Waals surface area contributed by atoms with Crippen molar-refractivity contribution in [3.05, 3.63) is 33.5 Å². The minimum Gasteiger partial charge on any atom is -0.389 e. The van der Waals surface area contributed by atoms with Crippen LogP contribution in [0.4, 0.5) is 0 Å². The Kier molecular flexibility index (Phi) is 2.60. The Morgan fingerprint density at radius 2 is 2.25 bits per heavy atom. The molecule has 1 aliphatic rings. The van der Waals surface area contributed by atoms with Gasteiger partial charge in [-0.1, -0.05) is 6.08 Å². The van der Waals surface area contributed by atoms with Crippen LogP contribution in [0, 0.1) is 10.1 Å². The Bertz CT molecular complexity index is 253. The van der Waals surface area contributed by atoms with Crippen LogP contribution >= 0.6 is 0 Å². The summed E-state index contributed by atoms with van der Waals surface area (Å²) in [7, 11) is 0. The summed E-state index contributed by atoms with van der Waals surface area (Å²) < 4.78 is 0. The number of allylic oxidation sites excluding steroid dienone is 3. The van der Waals surface area contributed by atoms with Crippen molar-refractivity contribution in [2.24, 2.45) is 0 Å². The Morgan fingerprint density at radius 3 is 2.58 bits per heavy atom. The van der Waals surface area contributed by atoms with E-state index in [1.165, 1.54) is 6.08 Å². The van der Waals surface area contributed by atoms with E-state index in [0.717, 1.165) is 5.57 Å². The average molecular weight is 169 g/mol. The molecule has 0 spiro atoms. The van der Waals surface area contributed by atoms with Crippen molar-refractivity contribution < 1.29 is 10.0 Å². The normalized spacial score (nSPS) is 19.5. The first-order chi connectivity index (χ1) is 5.61. The van der Waals surface area contributed by atoms with Crippen LogP contribution in [0.5, 0.6) is 0 Å². The quantitative estimate of drug-likeness (QED) is 0.499. The van der Waals surface area contributed by atoms with Crippen LogP contribution in [0.1, 0.15) is 19.8 Å². The molecular formula is C8H11NO3. The second-order valence-electron chi connectivity index (χ2n) is 2.83. The van der Waals surface area contributed by atoms with Crippen LogP contribution in [0.15, 0.2) is 23.4 Å². The molecule has 1 N–H and O–H groups in total. The van der Waals surface area contributed by atoms with Gasteiger partial charge in [-0.15, -0.1) is 0 Å². The second-order valence-corrected chi connectivity index (χ2v) is 2.83. The van der Waals surface area contributed by atoms with Crippen molar-refractivity contribution in [2.75, 3.05) is 0 Å². The van der Waals surface area contributed by atoms with Gasteiger partial charge in [-0.05, 0) is 18.9 Å². The van der Waals surface area contributed by atoms with Crippen LogP contribution in [0.25, 0.3) is 0 Å². The molecule has 0 aromatic rings. The van der Waals surface area contributed by atoms with Gasteiger partial charge in [0.05, 0.1) is 11.0 Å². The van der Waals surface area contributed by atoms with E-state index in [1.54, 1.807) is 13.0 Å². The van der Waals surface area contributed by atoms with Crippen molar-refractivity contribution >= 4 is 0 Å². The predicted octanol–water partition coefficient (Wildman–Crippen LogP) is 1.25. The third-order valence-electron chi connectivity index (χ3n) is 1.93.